The molecule has 3 atom stereocenters. The number of esters is 1. The first-order valence-corrected chi connectivity index (χ1v) is 10.6. The van der Waals surface area contributed by atoms with Crippen LogP contribution in [0, 0.1) is 0 Å². The van der Waals surface area contributed by atoms with E-state index < -0.39 is 12.0 Å². The van der Waals surface area contributed by atoms with Crippen LogP contribution >= 0.6 is 0 Å². The van der Waals surface area contributed by atoms with Gasteiger partial charge in [0.05, 0.1) is 49.7 Å². The molecular weight excluding hydrogens is 398 g/mol. The Labute approximate surface area is 181 Å². The lowest BCUT2D eigenvalue weighted by Gasteiger charge is -2.41. The number of carbonyl (C=O) groups is 2. The zero-order chi connectivity index (χ0) is 22.1. The van der Waals surface area contributed by atoms with Crippen LogP contribution in [0.5, 0.6) is 11.6 Å². The van der Waals surface area contributed by atoms with Crippen LogP contribution in [-0.4, -0.2) is 53.2 Å². The van der Waals surface area contributed by atoms with Crippen molar-refractivity contribution in [3.63, 3.8) is 0 Å². The van der Waals surface area contributed by atoms with Crippen molar-refractivity contribution in [2.45, 2.75) is 57.2 Å². The molecular formula is C23H29N3O5. The minimum Gasteiger partial charge on any atom is -0.496 e. The van der Waals surface area contributed by atoms with Crippen molar-refractivity contribution in [2.75, 3.05) is 19.5 Å². The van der Waals surface area contributed by atoms with E-state index in [1.807, 2.05) is 29.2 Å². The molecule has 8 nitrogen and oxygen atoms in total. The first kappa shape index (κ1) is 21.1. The summed E-state index contributed by atoms with van der Waals surface area (Å²) in [6, 6.07) is 6.95. The van der Waals surface area contributed by atoms with Gasteiger partial charge in [-0.3, -0.25) is 9.59 Å². The van der Waals surface area contributed by atoms with E-state index >= 15 is 0 Å². The van der Waals surface area contributed by atoms with Gasteiger partial charge in [0.25, 0.3) is 0 Å². The highest BCUT2D eigenvalue weighted by atomic mass is 16.5. The van der Waals surface area contributed by atoms with Crippen molar-refractivity contribution < 1.29 is 24.2 Å². The van der Waals surface area contributed by atoms with Crippen molar-refractivity contribution >= 4 is 17.6 Å². The number of fused-ring (bicyclic) bond motifs is 2. The number of aromatic amines is 1. The molecule has 1 aromatic heterocycles. The third kappa shape index (κ3) is 3.71. The van der Waals surface area contributed by atoms with Crippen LogP contribution in [0.25, 0.3) is 0 Å². The standard InChI is InChI=1S/C23H29N3O5/c1-13(27)26-17-10-6-5-9-15(17)24-21-16(12-19(28)31-3)25-23(29)20(21)22(26)14-8-4-7-11-18(14)30-2/h4,7-8,11,15,17,22,24-25,29H,5-6,9-10,12H2,1-3H3. The van der Waals surface area contributed by atoms with E-state index in [1.54, 1.807) is 14.0 Å². The Hall–Kier alpha value is -3.16. The number of benzene rings is 1. The molecule has 0 saturated heterocycles. The summed E-state index contributed by atoms with van der Waals surface area (Å²) < 4.78 is 10.5. The van der Waals surface area contributed by atoms with Gasteiger partial charge in [0, 0.05) is 18.5 Å². The number of hydrogen-bond acceptors (Lipinski definition) is 6. The SMILES string of the molecule is COC(=O)Cc1[nH]c(O)c2c1NC1CCCCC1N(C(C)=O)C2c1ccccc1OC. The number of aromatic hydroxyl groups is 1. The quantitative estimate of drug-likeness (QED) is 0.648. The van der Waals surface area contributed by atoms with E-state index in [0.29, 0.717) is 22.7 Å². The molecule has 31 heavy (non-hydrogen) atoms. The molecule has 2 heterocycles. The summed E-state index contributed by atoms with van der Waals surface area (Å²) in [6.45, 7) is 1.57. The molecule has 1 aliphatic carbocycles. The topological polar surface area (TPSA) is 104 Å². The summed E-state index contributed by atoms with van der Waals surface area (Å²) in [7, 11) is 2.93. The molecule has 166 valence electrons. The second kappa shape index (κ2) is 8.53. The molecule has 1 fully saturated rings. The number of anilines is 1. The van der Waals surface area contributed by atoms with E-state index in [4.69, 9.17) is 9.47 Å². The smallest absolute Gasteiger partial charge is 0.311 e. The fourth-order valence-corrected chi connectivity index (χ4v) is 5.08. The number of nitrogens with zero attached hydrogens (tertiary/aromatic N) is 1. The Morgan fingerprint density at radius 3 is 2.65 bits per heavy atom. The maximum atomic E-state index is 13.0. The zero-order valence-electron chi connectivity index (χ0n) is 18.1. The molecule has 1 aromatic carbocycles. The van der Waals surface area contributed by atoms with E-state index in [9.17, 15) is 14.7 Å². The summed E-state index contributed by atoms with van der Waals surface area (Å²) >= 11 is 0. The van der Waals surface area contributed by atoms with Crippen molar-refractivity contribution in [1.82, 2.24) is 9.88 Å². The van der Waals surface area contributed by atoms with Gasteiger partial charge in [-0.05, 0) is 18.9 Å². The van der Waals surface area contributed by atoms with Gasteiger partial charge in [-0.2, -0.15) is 0 Å². The van der Waals surface area contributed by atoms with Crippen LogP contribution in [0.3, 0.4) is 0 Å². The molecule has 1 aliphatic heterocycles. The Kier molecular flexibility index (Phi) is 5.80. The molecule has 0 bridgehead atoms. The summed E-state index contributed by atoms with van der Waals surface area (Å²) in [6.07, 6.45) is 3.84. The summed E-state index contributed by atoms with van der Waals surface area (Å²) in [5.41, 5.74) is 2.55. The van der Waals surface area contributed by atoms with E-state index in [2.05, 4.69) is 10.3 Å². The van der Waals surface area contributed by atoms with Crippen LogP contribution in [-0.2, 0) is 20.7 Å². The maximum Gasteiger partial charge on any atom is 0.311 e. The third-order valence-electron chi connectivity index (χ3n) is 6.41. The highest BCUT2D eigenvalue weighted by Gasteiger charge is 2.44. The number of ether oxygens (including phenoxy) is 2. The number of nitrogens with one attached hydrogen (secondary N) is 2. The van der Waals surface area contributed by atoms with Crippen molar-refractivity contribution in [1.29, 1.82) is 0 Å². The second-order valence-electron chi connectivity index (χ2n) is 8.17. The first-order chi connectivity index (χ1) is 15.0. The summed E-state index contributed by atoms with van der Waals surface area (Å²) in [5, 5.41) is 14.6. The van der Waals surface area contributed by atoms with Crippen LogP contribution < -0.4 is 10.1 Å². The molecule has 2 aromatic rings. The minimum atomic E-state index is -0.563. The molecule has 8 heteroatoms. The van der Waals surface area contributed by atoms with Gasteiger partial charge >= 0.3 is 5.97 Å². The van der Waals surface area contributed by atoms with Crippen molar-refractivity contribution in [3.8, 4) is 11.6 Å². The molecule has 3 unspecified atom stereocenters. The van der Waals surface area contributed by atoms with Gasteiger partial charge in [0.1, 0.15) is 5.75 Å². The van der Waals surface area contributed by atoms with E-state index in [0.717, 1.165) is 31.2 Å². The molecule has 3 N–H and O–H groups in total. The Morgan fingerprint density at radius 2 is 1.94 bits per heavy atom. The largest absolute Gasteiger partial charge is 0.496 e. The summed E-state index contributed by atoms with van der Waals surface area (Å²) in [4.78, 5) is 29.9. The van der Waals surface area contributed by atoms with Gasteiger partial charge < -0.3 is 29.8 Å². The number of para-hydroxylation sites is 1. The lowest BCUT2D eigenvalue weighted by molar-refractivity contribution is -0.139. The number of aromatic nitrogens is 1. The molecule has 2 aliphatic rings. The third-order valence-corrected chi connectivity index (χ3v) is 6.41. The highest BCUT2D eigenvalue weighted by molar-refractivity contribution is 5.80. The van der Waals surface area contributed by atoms with Gasteiger partial charge in [-0.15, -0.1) is 0 Å². The number of rotatable bonds is 4. The lowest BCUT2D eigenvalue weighted by atomic mass is 9.87. The number of H-pyrrole nitrogens is 1. The van der Waals surface area contributed by atoms with Crippen LogP contribution in [0.4, 0.5) is 5.69 Å². The van der Waals surface area contributed by atoms with Gasteiger partial charge in [0.15, 0.2) is 5.88 Å². The molecule has 0 radical (unpaired) electrons. The number of carbonyl (C=O) groups excluding carboxylic acids is 2. The van der Waals surface area contributed by atoms with E-state index in [-0.39, 0.29) is 30.3 Å². The van der Waals surface area contributed by atoms with Gasteiger partial charge in [0.2, 0.25) is 5.91 Å². The Morgan fingerprint density at radius 1 is 1.19 bits per heavy atom. The highest BCUT2D eigenvalue weighted by Crippen LogP contribution is 2.49. The maximum absolute atomic E-state index is 13.0. The van der Waals surface area contributed by atoms with Crippen molar-refractivity contribution in [3.05, 3.63) is 41.1 Å². The molecule has 1 amide bonds. The minimum absolute atomic E-state index is 0.0114. The second-order valence-corrected chi connectivity index (χ2v) is 8.17. The molecule has 0 spiro atoms. The predicted octanol–water partition coefficient (Wildman–Crippen LogP) is 3.12. The number of methoxy groups -OCH3 is 2. The van der Waals surface area contributed by atoms with Crippen LogP contribution in [0.2, 0.25) is 0 Å². The Bertz CT molecular complexity index is 986. The number of amides is 1. The predicted molar refractivity (Wildman–Crippen MR) is 115 cm³/mol. The lowest BCUT2D eigenvalue weighted by Crippen LogP contribution is -2.50. The van der Waals surface area contributed by atoms with E-state index in [1.165, 1.54) is 7.11 Å². The number of hydrogen-bond donors (Lipinski definition) is 3. The first-order valence-electron chi connectivity index (χ1n) is 10.6. The fraction of sp³-hybridized carbons (Fsp3) is 0.478. The average Bonchev–Trinajstić information content (AvgIpc) is 2.97. The van der Waals surface area contributed by atoms with Crippen LogP contribution in [0.15, 0.2) is 24.3 Å². The zero-order valence-corrected chi connectivity index (χ0v) is 18.1. The molecule has 4 rings (SSSR count). The van der Waals surface area contributed by atoms with Gasteiger partial charge in [-0.25, -0.2) is 0 Å². The monoisotopic (exact) mass is 427 g/mol. The fourth-order valence-electron chi connectivity index (χ4n) is 5.08. The summed E-state index contributed by atoms with van der Waals surface area (Å²) in [5.74, 6) is 0.0846. The van der Waals surface area contributed by atoms with Crippen molar-refractivity contribution in [2.24, 2.45) is 0 Å². The normalized spacial score (nSPS) is 22.5. The average molecular weight is 428 g/mol. The van der Waals surface area contributed by atoms with Gasteiger partial charge in [-0.1, -0.05) is 31.0 Å². The van der Waals surface area contributed by atoms with Crippen LogP contribution in [0.1, 0.15) is 55.5 Å². The Balaban J connectivity index is 1.96. The molecule has 1 saturated carbocycles.